The maximum absolute atomic E-state index is 2.36. The van der Waals surface area contributed by atoms with Crippen LogP contribution < -0.4 is 10.1 Å². The van der Waals surface area contributed by atoms with Crippen LogP contribution in [0.5, 0.6) is 0 Å². The van der Waals surface area contributed by atoms with Gasteiger partial charge in [0.25, 0.3) is 0 Å². The van der Waals surface area contributed by atoms with Crippen molar-refractivity contribution in [2.24, 2.45) is 0 Å². The van der Waals surface area contributed by atoms with Gasteiger partial charge < -0.3 is 4.90 Å². The van der Waals surface area contributed by atoms with Crippen LogP contribution in [0.1, 0.15) is 0 Å². The van der Waals surface area contributed by atoms with Gasteiger partial charge in [0, 0.05) is 19.8 Å². The molecule has 1 aromatic rings. The highest BCUT2D eigenvalue weighted by molar-refractivity contribution is 6.72. The number of hydrogen-bond acceptors (Lipinski definition) is 1. The fraction of sp³-hybridized carbons (Fsp3) is 0.400. The Morgan fingerprint density at radius 2 is 1.67 bits per heavy atom. The number of anilines is 1. The zero-order valence-corrected chi connectivity index (χ0v) is 9.49. The van der Waals surface area contributed by atoms with E-state index in [1.807, 2.05) is 0 Å². The van der Waals surface area contributed by atoms with Gasteiger partial charge in [-0.05, 0) is 11.3 Å². The fourth-order valence-corrected chi connectivity index (χ4v) is 2.82. The summed E-state index contributed by atoms with van der Waals surface area (Å²) in [4.78, 5) is 2.20. The first-order chi connectivity index (χ1) is 5.63. The first-order valence-corrected chi connectivity index (χ1v) is 7.28. The second-order valence-electron chi connectivity index (χ2n) is 3.61. The van der Waals surface area contributed by atoms with Crippen molar-refractivity contribution < 1.29 is 0 Å². The normalized spacial score (nSPS) is 10.4. The van der Waals surface area contributed by atoms with Crippen LogP contribution in [-0.4, -0.2) is 22.9 Å². The molecule has 1 rings (SSSR count). The van der Waals surface area contributed by atoms with Crippen molar-refractivity contribution in [3.05, 3.63) is 24.3 Å². The third-order valence-electron chi connectivity index (χ3n) is 2.04. The second-order valence-corrected chi connectivity index (χ2v) is 6.54. The molecule has 0 saturated heterocycles. The van der Waals surface area contributed by atoms with Crippen LogP contribution >= 0.6 is 0 Å². The third-order valence-corrected chi connectivity index (χ3v) is 3.77. The number of benzene rings is 1. The Kier molecular flexibility index (Phi) is 2.92. The van der Waals surface area contributed by atoms with E-state index >= 15 is 0 Å². The van der Waals surface area contributed by atoms with Crippen molar-refractivity contribution in [2.45, 2.75) is 13.1 Å². The van der Waals surface area contributed by atoms with E-state index in [4.69, 9.17) is 0 Å². The van der Waals surface area contributed by atoms with E-state index in [-0.39, 0.29) is 0 Å². The predicted molar refractivity (Wildman–Crippen MR) is 59.3 cm³/mol. The highest BCUT2D eigenvalue weighted by Crippen LogP contribution is 2.07. The van der Waals surface area contributed by atoms with E-state index in [1.54, 1.807) is 5.19 Å². The first kappa shape index (κ1) is 9.33. The van der Waals surface area contributed by atoms with Crippen LogP contribution in [-0.2, 0) is 0 Å². The number of nitrogens with zero attached hydrogens (tertiary/aromatic N) is 1. The van der Waals surface area contributed by atoms with Crippen molar-refractivity contribution in [1.29, 1.82) is 0 Å². The Labute approximate surface area is 76.6 Å². The van der Waals surface area contributed by atoms with Crippen molar-refractivity contribution in [1.82, 2.24) is 0 Å². The summed E-state index contributed by atoms with van der Waals surface area (Å²) >= 11 is 0. The Morgan fingerprint density at radius 1 is 1.08 bits per heavy atom. The summed E-state index contributed by atoms with van der Waals surface area (Å²) in [7, 11) is 3.55. The Bertz CT molecular complexity index is 229. The van der Waals surface area contributed by atoms with Crippen LogP contribution in [0.3, 0.4) is 0 Å². The van der Waals surface area contributed by atoms with Gasteiger partial charge in [0.1, 0.15) is 0 Å². The number of para-hydroxylation sites is 1. The smallest absolute Gasteiger partial charge is 0.0674 e. The molecule has 0 aromatic heterocycles. The molecule has 0 N–H and O–H groups in total. The van der Waals surface area contributed by atoms with E-state index in [9.17, 15) is 0 Å². The molecule has 0 bridgehead atoms. The first-order valence-electron chi connectivity index (χ1n) is 4.39. The molecule has 0 aliphatic rings. The maximum Gasteiger partial charge on any atom is 0.0674 e. The van der Waals surface area contributed by atoms with E-state index in [0.29, 0.717) is 0 Å². The molecule has 12 heavy (non-hydrogen) atoms. The molecule has 0 fully saturated rings. The lowest BCUT2D eigenvalue weighted by Crippen LogP contribution is -2.29. The van der Waals surface area contributed by atoms with Gasteiger partial charge in [0.15, 0.2) is 0 Å². The fourth-order valence-electron chi connectivity index (χ4n) is 1.38. The molecule has 0 spiro atoms. The van der Waals surface area contributed by atoms with E-state index in [0.717, 1.165) is 0 Å². The van der Waals surface area contributed by atoms with Gasteiger partial charge in [-0.2, -0.15) is 0 Å². The summed E-state index contributed by atoms with van der Waals surface area (Å²) in [6.07, 6.45) is 0. The lowest BCUT2D eigenvalue weighted by atomic mass is 10.3. The molecule has 0 amide bonds. The van der Waals surface area contributed by atoms with Crippen LogP contribution in [0, 0.1) is 0 Å². The van der Waals surface area contributed by atoms with Crippen LogP contribution in [0.4, 0.5) is 5.69 Å². The van der Waals surface area contributed by atoms with Gasteiger partial charge in [0.2, 0.25) is 0 Å². The Hall–Kier alpha value is -0.763. The molecule has 0 saturated carbocycles. The molecule has 0 atom stereocenters. The highest BCUT2D eigenvalue weighted by Gasteiger charge is 2.06. The minimum atomic E-state index is -0.666. The van der Waals surface area contributed by atoms with Gasteiger partial charge in [0.05, 0.1) is 8.80 Å². The molecular weight excluding hydrogens is 162 g/mol. The largest absolute Gasteiger partial charge is 0.378 e. The monoisotopic (exact) mass is 179 g/mol. The Balaban J connectivity index is 3.09. The number of hydrogen-bond donors (Lipinski definition) is 0. The quantitative estimate of drug-likeness (QED) is 0.621. The molecule has 2 heteroatoms. The Morgan fingerprint density at radius 3 is 2.08 bits per heavy atom. The summed E-state index contributed by atoms with van der Waals surface area (Å²) in [5, 5.41) is 1.56. The van der Waals surface area contributed by atoms with E-state index < -0.39 is 8.80 Å². The predicted octanol–water partition coefficient (Wildman–Crippen LogP) is 1.45. The van der Waals surface area contributed by atoms with Gasteiger partial charge >= 0.3 is 0 Å². The molecule has 1 aromatic carbocycles. The summed E-state index contributed by atoms with van der Waals surface area (Å²) in [5.74, 6) is 0. The maximum atomic E-state index is 2.36. The van der Waals surface area contributed by atoms with Gasteiger partial charge in [-0.15, -0.1) is 0 Å². The second kappa shape index (κ2) is 3.76. The lowest BCUT2D eigenvalue weighted by molar-refractivity contribution is 1.14. The van der Waals surface area contributed by atoms with Crippen LogP contribution in [0.25, 0.3) is 0 Å². The summed E-state index contributed by atoms with van der Waals surface area (Å²) in [6.45, 7) is 4.73. The summed E-state index contributed by atoms with van der Waals surface area (Å²) < 4.78 is 0. The average Bonchev–Trinajstić information content (AvgIpc) is 2.04. The topological polar surface area (TPSA) is 3.24 Å². The van der Waals surface area contributed by atoms with E-state index in [2.05, 4.69) is 56.4 Å². The molecule has 0 aliphatic carbocycles. The van der Waals surface area contributed by atoms with Crippen LogP contribution in [0.15, 0.2) is 24.3 Å². The molecule has 0 unspecified atom stereocenters. The van der Waals surface area contributed by atoms with Crippen LogP contribution in [0.2, 0.25) is 13.1 Å². The molecular formula is C10H17NSi. The van der Waals surface area contributed by atoms with Crippen molar-refractivity contribution >= 4 is 19.7 Å². The van der Waals surface area contributed by atoms with E-state index in [1.165, 1.54) is 5.69 Å². The molecule has 66 valence electrons. The zero-order chi connectivity index (χ0) is 9.14. The van der Waals surface area contributed by atoms with Crippen molar-refractivity contribution in [3.63, 3.8) is 0 Å². The van der Waals surface area contributed by atoms with Gasteiger partial charge in [-0.25, -0.2) is 0 Å². The summed E-state index contributed by atoms with van der Waals surface area (Å²) in [5.41, 5.74) is 1.39. The lowest BCUT2D eigenvalue weighted by Gasteiger charge is -2.18. The minimum absolute atomic E-state index is 0.666. The molecule has 0 aliphatic heterocycles. The highest BCUT2D eigenvalue weighted by atomic mass is 28.3. The van der Waals surface area contributed by atoms with Gasteiger partial charge in [-0.3, -0.25) is 0 Å². The van der Waals surface area contributed by atoms with Gasteiger partial charge in [-0.1, -0.05) is 31.3 Å². The summed E-state index contributed by atoms with van der Waals surface area (Å²) in [6, 6.07) is 8.69. The molecule has 1 nitrogen and oxygen atoms in total. The number of rotatable bonds is 2. The average molecular weight is 179 g/mol. The standard InChI is InChI=1S/C10H17NSi/c1-11(2)9-7-5-6-8-10(9)12(3)4/h5-8,12H,1-4H3. The molecule has 0 heterocycles. The minimum Gasteiger partial charge on any atom is -0.378 e. The zero-order valence-electron chi connectivity index (χ0n) is 8.33. The van der Waals surface area contributed by atoms with Crippen molar-refractivity contribution in [3.8, 4) is 0 Å². The van der Waals surface area contributed by atoms with Crippen molar-refractivity contribution in [2.75, 3.05) is 19.0 Å². The molecule has 0 radical (unpaired) electrons. The SMILES string of the molecule is CN(C)c1ccccc1[SiH](C)C. The third kappa shape index (κ3) is 1.88.